The van der Waals surface area contributed by atoms with Gasteiger partial charge in [0.15, 0.2) is 0 Å². The van der Waals surface area contributed by atoms with Crippen LogP contribution >= 0.6 is 11.8 Å². The van der Waals surface area contributed by atoms with Crippen molar-refractivity contribution in [3.63, 3.8) is 0 Å². The molecule has 1 rings (SSSR count). The number of rotatable bonds is 7. The van der Waals surface area contributed by atoms with Crippen molar-refractivity contribution >= 4 is 18.0 Å². The first-order valence-corrected chi connectivity index (χ1v) is 6.02. The first-order chi connectivity index (χ1) is 7.36. The van der Waals surface area contributed by atoms with Crippen LogP contribution in [0.3, 0.4) is 0 Å². The summed E-state index contributed by atoms with van der Waals surface area (Å²) in [7, 11) is 1.72. The Hall–Kier alpha value is -0.800. The second-order valence-corrected chi connectivity index (χ2v) is 4.41. The van der Waals surface area contributed by atoms with Crippen molar-refractivity contribution in [2.45, 2.75) is 17.7 Å². The zero-order valence-electron chi connectivity index (χ0n) is 8.94. The first-order valence-electron chi connectivity index (χ1n) is 5.04. The smallest absolute Gasteiger partial charge is 0.150 e. The molecule has 0 bridgehead atoms. The van der Waals surface area contributed by atoms with Crippen LogP contribution in [0.15, 0.2) is 29.2 Å². The predicted molar refractivity (Wildman–Crippen MR) is 63.7 cm³/mol. The predicted octanol–water partition coefficient (Wildman–Crippen LogP) is 3.02. The molecule has 0 unspecified atom stereocenters. The highest BCUT2D eigenvalue weighted by Gasteiger charge is 1.96. The lowest BCUT2D eigenvalue weighted by Gasteiger charge is -2.02. The molecule has 0 aliphatic carbocycles. The third kappa shape index (κ3) is 5.00. The van der Waals surface area contributed by atoms with Crippen LogP contribution in [0.2, 0.25) is 0 Å². The van der Waals surface area contributed by atoms with Crippen LogP contribution in [-0.2, 0) is 4.74 Å². The molecule has 1 aromatic rings. The van der Waals surface area contributed by atoms with Gasteiger partial charge in [0.1, 0.15) is 6.29 Å². The van der Waals surface area contributed by atoms with Gasteiger partial charge in [-0.15, -0.1) is 11.8 Å². The number of thioether (sulfide) groups is 1. The Morgan fingerprint density at radius 3 is 3.00 bits per heavy atom. The summed E-state index contributed by atoms with van der Waals surface area (Å²) >= 11 is 1.79. The molecular formula is C12H16O2S. The van der Waals surface area contributed by atoms with E-state index in [1.807, 2.05) is 24.3 Å². The van der Waals surface area contributed by atoms with Crippen LogP contribution < -0.4 is 0 Å². The summed E-state index contributed by atoms with van der Waals surface area (Å²) in [5, 5.41) is 0. The molecule has 0 saturated heterocycles. The second-order valence-electron chi connectivity index (χ2n) is 3.24. The highest BCUT2D eigenvalue weighted by molar-refractivity contribution is 7.99. The van der Waals surface area contributed by atoms with E-state index in [0.29, 0.717) is 0 Å². The van der Waals surface area contributed by atoms with E-state index in [4.69, 9.17) is 4.74 Å². The third-order valence-corrected chi connectivity index (χ3v) is 3.09. The van der Waals surface area contributed by atoms with Gasteiger partial charge in [0.2, 0.25) is 0 Å². The molecule has 0 amide bonds. The summed E-state index contributed by atoms with van der Waals surface area (Å²) in [5.41, 5.74) is 0.747. The summed E-state index contributed by atoms with van der Waals surface area (Å²) in [5.74, 6) is 1.08. The molecule has 0 spiro atoms. The van der Waals surface area contributed by atoms with Gasteiger partial charge in [-0.2, -0.15) is 0 Å². The fourth-order valence-corrected chi connectivity index (χ4v) is 2.19. The fourth-order valence-electron chi connectivity index (χ4n) is 1.22. The maximum absolute atomic E-state index is 10.5. The summed E-state index contributed by atoms with van der Waals surface area (Å²) in [6.07, 6.45) is 3.12. The molecule has 0 atom stereocenters. The molecule has 82 valence electrons. The van der Waals surface area contributed by atoms with E-state index >= 15 is 0 Å². The largest absolute Gasteiger partial charge is 0.385 e. The van der Waals surface area contributed by atoms with E-state index in [9.17, 15) is 4.79 Å². The number of hydrogen-bond donors (Lipinski definition) is 0. The van der Waals surface area contributed by atoms with Gasteiger partial charge in [-0.3, -0.25) is 4.79 Å². The van der Waals surface area contributed by atoms with Crippen LogP contribution in [0.1, 0.15) is 23.2 Å². The summed E-state index contributed by atoms with van der Waals surface area (Å²) in [4.78, 5) is 11.7. The lowest BCUT2D eigenvalue weighted by Crippen LogP contribution is -1.89. The van der Waals surface area contributed by atoms with Gasteiger partial charge in [-0.1, -0.05) is 12.1 Å². The monoisotopic (exact) mass is 224 g/mol. The fraction of sp³-hybridized carbons (Fsp3) is 0.417. The van der Waals surface area contributed by atoms with Crippen LogP contribution in [0, 0.1) is 0 Å². The Bertz CT molecular complexity index is 299. The molecule has 0 saturated carbocycles. The zero-order chi connectivity index (χ0) is 10.9. The molecule has 1 aromatic carbocycles. The van der Waals surface area contributed by atoms with Gasteiger partial charge in [-0.05, 0) is 30.7 Å². The van der Waals surface area contributed by atoms with Gasteiger partial charge in [-0.25, -0.2) is 0 Å². The Morgan fingerprint density at radius 2 is 2.27 bits per heavy atom. The number of ether oxygens (including phenoxy) is 1. The molecule has 0 aliphatic heterocycles. The van der Waals surface area contributed by atoms with Crippen molar-refractivity contribution in [2.24, 2.45) is 0 Å². The molecular weight excluding hydrogens is 208 g/mol. The molecule has 0 fully saturated rings. The van der Waals surface area contributed by atoms with Crippen molar-refractivity contribution in [3.8, 4) is 0 Å². The molecule has 3 heteroatoms. The third-order valence-electron chi connectivity index (χ3n) is 2.01. The number of benzene rings is 1. The summed E-state index contributed by atoms with van der Waals surface area (Å²) < 4.78 is 4.98. The van der Waals surface area contributed by atoms with Crippen LogP contribution in [-0.4, -0.2) is 25.8 Å². The maximum Gasteiger partial charge on any atom is 0.150 e. The lowest BCUT2D eigenvalue weighted by molar-refractivity contribution is 0.112. The van der Waals surface area contributed by atoms with E-state index in [1.54, 1.807) is 18.9 Å². The quantitative estimate of drug-likeness (QED) is 0.404. The number of hydrogen-bond acceptors (Lipinski definition) is 3. The van der Waals surface area contributed by atoms with Crippen molar-refractivity contribution < 1.29 is 9.53 Å². The molecule has 0 radical (unpaired) electrons. The summed E-state index contributed by atoms with van der Waals surface area (Å²) in [6.45, 7) is 0.828. The Balaban J connectivity index is 2.27. The number of carbonyl (C=O) groups excluding carboxylic acids is 1. The van der Waals surface area contributed by atoms with Crippen LogP contribution in [0.5, 0.6) is 0 Å². The van der Waals surface area contributed by atoms with E-state index in [0.717, 1.165) is 41.9 Å². The highest BCUT2D eigenvalue weighted by Crippen LogP contribution is 2.19. The summed E-state index contributed by atoms with van der Waals surface area (Å²) in [6, 6.07) is 7.70. The molecule has 0 aromatic heterocycles. The number of aldehydes is 1. The standard InChI is InChI=1S/C12H16O2S/c1-14-7-2-3-8-15-12-6-4-5-11(9-12)10-13/h4-6,9-10H,2-3,7-8H2,1H3. The minimum absolute atomic E-state index is 0.747. The Labute approximate surface area is 95.0 Å². The normalized spacial score (nSPS) is 10.2. The minimum Gasteiger partial charge on any atom is -0.385 e. The van der Waals surface area contributed by atoms with E-state index in [1.165, 1.54) is 0 Å². The molecule has 0 aliphatic rings. The Morgan fingerprint density at radius 1 is 1.40 bits per heavy atom. The van der Waals surface area contributed by atoms with Crippen LogP contribution in [0.4, 0.5) is 0 Å². The van der Waals surface area contributed by atoms with Crippen molar-refractivity contribution in [1.29, 1.82) is 0 Å². The van der Waals surface area contributed by atoms with Gasteiger partial charge in [0.25, 0.3) is 0 Å². The maximum atomic E-state index is 10.5. The van der Waals surface area contributed by atoms with Gasteiger partial charge in [0.05, 0.1) is 0 Å². The van der Waals surface area contributed by atoms with Gasteiger partial charge in [0, 0.05) is 24.2 Å². The number of methoxy groups -OCH3 is 1. The first kappa shape index (κ1) is 12.3. The van der Waals surface area contributed by atoms with E-state index < -0.39 is 0 Å². The van der Waals surface area contributed by atoms with Crippen molar-refractivity contribution in [3.05, 3.63) is 29.8 Å². The highest BCUT2D eigenvalue weighted by atomic mass is 32.2. The number of unbranched alkanes of at least 4 members (excludes halogenated alkanes) is 1. The Kier molecular flexibility index (Phi) is 6.12. The second kappa shape index (κ2) is 7.49. The SMILES string of the molecule is COCCCCSc1cccc(C=O)c1. The van der Waals surface area contributed by atoms with E-state index in [-0.39, 0.29) is 0 Å². The molecule has 15 heavy (non-hydrogen) atoms. The number of carbonyl (C=O) groups is 1. The van der Waals surface area contributed by atoms with Crippen molar-refractivity contribution in [2.75, 3.05) is 19.5 Å². The average Bonchev–Trinajstić information content (AvgIpc) is 2.29. The minimum atomic E-state index is 0.747. The van der Waals surface area contributed by atoms with Crippen molar-refractivity contribution in [1.82, 2.24) is 0 Å². The van der Waals surface area contributed by atoms with Gasteiger partial charge < -0.3 is 4.74 Å². The lowest BCUT2D eigenvalue weighted by atomic mass is 10.2. The average molecular weight is 224 g/mol. The zero-order valence-corrected chi connectivity index (χ0v) is 9.76. The molecule has 0 heterocycles. The topological polar surface area (TPSA) is 26.3 Å². The van der Waals surface area contributed by atoms with Gasteiger partial charge >= 0.3 is 0 Å². The molecule has 2 nitrogen and oxygen atoms in total. The molecule has 0 N–H and O–H groups in total. The van der Waals surface area contributed by atoms with Crippen LogP contribution in [0.25, 0.3) is 0 Å². The van der Waals surface area contributed by atoms with E-state index in [2.05, 4.69) is 0 Å².